The number of aromatic nitrogens is 1. The van der Waals surface area contributed by atoms with Crippen LogP contribution in [0, 0.1) is 20.8 Å². The highest BCUT2D eigenvalue weighted by Gasteiger charge is 2.37. The Hall–Kier alpha value is -2.24. The van der Waals surface area contributed by atoms with E-state index in [9.17, 15) is 9.67 Å². The summed E-state index contributed by atoms with van der Waals surface area (Å²) < 4.78 is 30.8. The van der Waals surface area contributed by atoms with E-state index in [1.807, 2.05) is 33.8 Å². The third kappa shape index (κ3) is 5.43. The number of rotatable bonds is 10. The number of anilines is 1. The number of nitrogens with zero attached hydrogens (tertiary/aromatic N) is 1. The van der Waals surface area contributed by atoms with Crippen LogP contribution in [-0.2, 0) is 9.09 Å². The predicted molar refractivity (Wildman–Crippen MR) is 115 cm³/mol. The van der Waals surface area contributed by atoms with Gasteiger partial charge in [-0.25, -0.2) is 9.55 Å². The molecule has 1 aromatic carbocycles. The Morgan fingerprint density at radius 3 is 2.48 bits per heavy atom. The average Bonchev–Trinajstić information content (AvgIpc) is 2.67. The summed E-state index contributed by atoms with van der Waals surface area (Å²) in [6.07, 6.45) is 2.21. The molecular formula is C21H31N2O5P. The molecule has 0 aliphatic heterocycles. The third-order valence-corrected chi connectivity index (χ3v) is 6.97. The van der Waals surface area contributed by atoms with E-state index in [0.717, 1.165) is 11.1 Å². The number of pyridine rings is 1. The lowest BCUT2D eigenvalue weighted by molar-refractivity contribution is 0.270. The summed E-state index contributed by atoms with van der Waals surface area (Å²) in [6, 6.07) is 5.07. The maximum atomic E-state index is 13.7. The number of phenols is 1. The minimum Gasteiger partial charge on any atom is -0.504 e. The summed E-state index contributed by atoms with van der Waals surface area (Å²) in [5.74, 6) is 0.685. The monoisotopic (exact) mass is 422 g/mol. The molecule has 160 valence electrons. The minimum absolute atomic E-state index is 0.0372. The molecule has 0 aliphatic rings. The molecule has 8 heteroatoms. The first kappa shape index (κ1) is 23.0. The molecule has 0 saturated carbocycles. The van der Waals surface area contributed by atoms with Crippen LogP contribution in [0.2, 0.25) is 0 Å². The van der Waals surface area contributed by atoms with Gasteiger partial charge in [-0.05, 0) is 69.9 Å². The van der Waals surface area contributed by atoms with Crippen molar-refractivity contribution in [1.82, 2.24) is 4.98 Å². The van der Waals surface area contributed by atoms with Gasteiger partial charge in [0.2, 0.25) is 0 Å². The van der Waals surface area contributed by atoms with Crippen molar-refractivity contribution >= 4 is 13.4 Å². The van der Waals surface area contributed by atoms with Gasteiger partial charge >= 0.3 is 7.60 Å². The van der Waals surface area contributed by atoms with Gasteiger partial charge < -0.3 is 19.7 Å². The zero-order valence-corrected chi connectivity index (χ0v) is 18.9. The Morgan fingerprint density at radius 2 is 1.86 bits per heavy atom. The Labute approximate surface area is 173 Å². The number of nitrogens with one attached hydrogen (secondary N) is 1. The van der Waals surface area contributed by atoms with E-state index in [0.29, 0.717) is 30.2 Å². The van der Waals surface area contributed by atoms with Gasteiger partial charge in [0.25, 0.3) is 0 Å². The van der Waals surface area contributed by atoms with Gasteiger partial charge in [-0.1, -0.05) is 6.92 Å². The van der Waals surface area contributed by atoms with Crippen molar-refractivity contribution in [1.29, 1.82) is 0 Å². The van der Waals surface area contributed by atoms with Gasteiger partial charge in [0.05, 0.1) is 13.2 Å². The smallest absolute Gasteiger partial charge is 0.401 e. The summed E-state index contributed by atoms with van der Waals surface area (Å²) in [4.78, 5) is 4.38. The number of ether oxygens (including phenoxy) is 1. The van der Waals surface area contributed by atoms with Crippen LogP contribution in [0.15, 0.2) is 24.4 Å². The van der Waals surface area contributed by atoms with Crippen molar-refractivity contribution in [2.45, 2.75) is 53.7 Å². The van der Waals surface area contributed by atoms with Gasteiger partial charge in [-0.15, -0.1) is 0 Å². The molecule has 1 aromatic heterocycles. The summed E-state index contributed by atoms with van der Waals surface area (Å²) in [7, 11) is -3.61. The molecule has 2 unspecified atom stereocenters. The normalized spacial score (nSPS) is 14.1. The third-order valence-electron chi connectivity index (χ3n) is 4.63. The second kappa shape index (κ2) is 9.99. The molecule has 2 atom stereocenters. The van der Waals surface area contributed by atoms with E-state index in [2.05, 4.69) is 10.3 Å². The number of aryl methyl sites for hydroxylation is 2. The largest absolute Gasteiger partial charge is 0.504 e. The highest BCUT2D eigenvalue weighted by molar-refractivity contribution is 7.55. The Kier molecular flexibility index (Phi) is 7.94. The number of benzene rings is 1. The molecule has 1 heterocycles. The van der Waals surface area contributed by atoms with Gasteiger partial charge in [-0.2, -0.15) is 0 Å². The van der Waals surface area contributed by atoms with Crippen LogP contribution >= 0.6 is 7.60 Å². The molecule has 0 saturated heterocycles. The zero-order chi connectivity index (χ0) is 21.6. The minimum atomic E-state index is -3.61. The fourth-order valence-electron chi connectivity index (χ4n) is 2.88. The Morgan fingerprint density at radius 1 is 1.14 bits per heavy atom. The van der Waals surface area contributed by atoms with E-state index in [1.165, 1.54) is 6.07 Å². The lowest BCUT2D eigenvalue weighted by atomic mass is 10.1. The zero-order valence-electron chi connectivity index (χ0n) is 18.0. The van der Waals surface area contributed by atoms with E-state index in [4.69, 9.17) is 13.8 Å². The molecule has 0 bridgehead atoms. The van der Waals surface area contributed by atoms with Crippen molar-refractivity contribution < 1.29 is 23.5 Å². The van der Waals surface area contributed by atoms with E-state index >= 15 is 0 Å². The van der Waals surface area contributed by atoms with Crippen LogP contribution < -0.4 is 14.6 Å². The van der Waals surface area contributed by atoms with Gasteiger partial charge in [0.15, 0.2) is 11.5 Å². The highest BCUT2D eigenvalue weighted by Crippen LogP contribution is 2.55. The van der Waals surface area contributed by atoms with Crippen molar-refractivity contribution in [3.8, 4) is 17.2 Å². The lowest BCUT2D eigenvalue weighted by Gasteiger charge is -2.28. The summed E-state index contributed by atoms with van der Waals surface area (Å²) in [6.45, 7) is 11.8. The number of hydrogen-bond donors (Lipinski definition) is 2. The SMILES string of the molecule is CCOc1cc(OP(=O)(OCC)C(CC)Nc2nccc(C)c2C)cc(C)c1O. The van der Waals surface area contributed by atoms with E-state index in [1.54, 1.807) is 26.1 Å². The fourth-order valence-corrected chi connectivity index (χ4v) is 4.73. The number of phenolic OH excluding ortho intramolecular Hbond substituents is 1. The molecular weight excluding hydrogens is 391 g/mol. The summed E-state index contributed by atoms with van der Waals surface area (Å²) >= 11 is 0. The van der Waals surface area contributed by atoms with Crippen LogP contribution in [0.4, 0.5) is 5.82 Å². The molecule has 0 radical (unpaired) electrons. The highest BCUT2D eigenvalue weighted by atomic mass is 31.2. The van der Waals surface area contributed by atoms with Gasteiger partial charge in [0.1, 0.15) is 17.4 Å². The quantitative estimate of drug-likeness (QED) is 0.484. The maximum absolute atomic E-state index is 13.7. The molecule has 7 nitrogen and oxygen atoms in total. The van der Waals surface area contributed by atoms with Gasteiger partial charge in [-0.3, -0.25) is 4.52 Å². The first-order valence-corrected chi connectivity index (χ1v) is 11.5. The van der Waals surface area contributed by atoms with Crippen LogP contribution in [-0.4, -0.2) is 29.1 Å². The van der Waals surface area contributed by atoms with Crippen molar-refractivity contribution in [2.24, 2.45) is 0 Å². The fraction of sp³-hybridized carbons (Fsp3) is 0.476. The van der Waals surface area contributed by atoms with Crippen LogP contribution in [0.3, 0.4) is 0 Å². The number of hydrogen-bond acceptors (Lipinski definition) is 7. The second-order valence-corrected chi connectivity index (χ2v) is 8.88. The molecule has 0 amide bonds. The van der Waals surface area contributed by atoms with Crippen molar-refractivity contribution in [2.75, 3.05) is 18.5 Å². The maximum Gasteiger partial charge on any atom is 0.401 e. The average molecular weight is 422 g/mol. The molecule has 0 fully saturated rings. The molecule has 2 aromatic rings. The van der Waals surface area contributed by atoms with E-state index in [-0.39, 0.29) is 18.1 Å². The van der Waals surface area contributed by atoms with Crippen LogP contribution in [0.1, 0.15) is 43.9 Å². The first-order chi connectivity index (χ1) is 13.8. The topological polar surface area (TPSA) is 89.9 Å². The lowest BCUT2D eigenvalue weighted by Crippen LogP contribution is -2.24. The molecule has 0 aliphatic carbocycles. The molecule has 29 heavy (non-hydrogen) atoms. The number of aromatic hydroxyl groups is 1. The molecule has 2 N–H and O–H groups in total. The molecule has 2 rings (SSSR count). The Balaban J connectivity index is 2.38. The Bertz CT molecular complexity index is 888. The second-order valence-electron chi connectivity index (χ2n) is 6.74. The first-order valence-electron chi connectivity index (χ1n) is 9.84. The molecule has 0 spiro atoms. The predicted octanol–water partition coefficient (Wildman–Crippen LogP) is 5.57. The standard InChI is InChI=1S/C21H31N2O5P/c1-7-19(23-21-16(6)14(4)10-11-22-21)29(25,27-9-3)28-17-12-15(5)20(24)18(13-17)26-8-2/h10-13,19,24H,7-9H2,1-6H3,(H,22,23). The van der Waals surface area contributed by atoms with Crippen LogP contribution in [0.25, 0.3) is 0 Å². The van der Waals surface area contributed by atoms with Crippen LogP contribution in [0.5, 0.6) is 17.2 Å². The summed E-state index contributed by atoms with van der Waals surface area (Å²) in [5.41, 5.74) is 2.62. The van der Waals surface area contributed by atoms with E-state index < -0.39 is 13.4 Å². The van der Waals surface area contributed by atoms with Crippen molar-refractivity contribution in [3.63, 3.8) is 0 Å². The van der Waals surface area contributed by atoms with Gasteiger partial charge in [0, 0.05) is 12.3 Å². The van der Waals surface area contributed by atoms with Crippen molar-refractivity contribution in [3.05, 3.63) is 41.1 Å². The summed E-state index contributed by atoms with van der Waals surface area (Å²) in [5, 5.41) is 13.4.